The Morgan fingerprint density at radius 2 is 2.06 bits per heavy atom. The number of hydrogen-bond donors (Lipinski definition) is 0. The number of allylic oxidation sites excluding steroid dienone is 1. The van der Waals surface area contributed by atoms with Gasteiger partial charge in [-0.2, -0.15) is 0 Å². The van der Waals surface area contributed by atoms with Gasteiger partial charge in [-0.1, -0.05) is 20.8 Å². The molecule has 0 N–H and O–H groups in total. The van der Waals surface area contributed by atoms with E-state index >= 15 is 0 Å². The fourth-order valence-corrected chi connectivity index (χ4v) is 2.09. The number of nitrogens with zero attached hydrogens (tertiary/aromatic N) is 3. The minimum Gasteiger partial charge on any atom is -0.285 e. The van der Waals surface area contributed by atoms with E-state index in [4.69, 9.17) is 0 Å². The molecule has 0 saturated carbocycles. The summed E-state index contributed by atoms with van der Waals surface area (Å²) in [6, 6.07) is 2.09. The molecule has 0 saturated heterocycles. The van der Waals surface area contributed by atoms with Crippen molar-refractivity contribution >= 4 is 11.3 Å². The minimum atomic E-state index is 0.436. The second-order valence-electron chi connectivity index (χ2n) is 4.70. The molecular formula is C14H19N3. The van der Waals surface area contributed by atoms with Crippen molar-refractivity contribution in [2.45, 2.75) is 40.0 Å². The lowest BCUT2D eigenvalue weighted by atomic mass is 10.0. The lowest BCUT2D eigenvalue weighted by Gasteiger charge is -2.07. The van der Waals surface area contributed by atoms with Crippen molar-refractivity contribution in [2.75, 3.05) is 6.54 Å². The van der Waals surface area contributed by atoms with Crippen molar-refractivity contribution in [1.82, 2.24) is 9.97 Å². The Balaban J connectivity index is 2.37. The first-order valence-electron chi connectivity index (χ1n) is 6.19. The molecule has 1 aromatic rings. The lowest BCUT2D eigenvalue weighted by Crippen LogP contribution is -2.00. The van der Waals surface area contributed by atoms with Gasteiger partial charge in [0.15, 0.2) is 0 Å². The van der Waals surface area contributed by atoms with E-state index in [1.807, 2.05) is 0 Å². The molecule has 3 heteroatoms. The molecule has 0 aromatic carbocycles. The summed E-state index contributed by atoms with van der Waals surface area (Å²) in [4.78, 5) is 13.2. The minimum absolute atomic E-state index is 0.436. The zero-order valence-corrected chi connectivity index (χ0v) is 11.0. The Hall–Kier alpha value is -1.51. The van der Waals surface area contributed by atoms with Crippen LogP contribution in [0.2, 0.25) is 0 Å². The van der Waals surface area contributed by atoms with Crippen LogP contribution in [0.1, 0.15) is 51.4 Å². The molecule has 0 spiro atoms. The number of aromatic nitrogens is 2. The zero-order valence-electron chi connectivity index (χ0n) is 11.0. The summed E-state index contributed by atoms with van der Waals surface area (Å²) in [5.41, 5.74) is 5.89. The van der Waals surface area contributed by atoms with Crippen LogP contribution in [0, 0.1) is 0 Å². The molecule has 0 amide bonds. The zero-order chi connectivity index (χ0) is 12.4. The predicted molar refractivity (Wildman–Crippen MR) is 71.3 cm³/mol. The van der Waals surface area contributed by atoms with E-state index < -0.39 is 0 Å². The monoisotopic (exact) mass is 229 g/mol. The molecule has 17 heavy (non-hydrogen) atoms. The van der Waals surface area contributed by atoms with Gasteiger partial charge in [0.25, 0.3) is 0 Å². The number of aliphatic imine (C=N–C) groups is 1. The third kappa shape index (κ3) is 2.28. The molecular weight excluding hydrogens is 210 g/mol. The van der Waals surface area contributed by atoms with Crippen LogP contribution in [0.15, 0.2) is 23.0 Å². The largest absolute Gasteiger partial charge is 0.285 e. The summed E-state index contributed by atoms with van der Waals surface area (Å²) in [6.45, 7) is 9.35. The molecule has 3 nitrogen and oxygen atoms in total. The summed E-state index contributed by atoms with van der Waals surface area (Å²) in [7, 11) is 0. The average molecular weight is 229 g/mol. The van der Waals surface area contributed by atoms with Crippen LogP contribution in [-0.4, -0.2) is 22.2 Å². The molecule has 0 fully saturated rings. The van der Waals surface area contributed by atoms with Gasteiger partial charge >= 0.3 is 0 Å². The molecule has 0 atom stereocenters. The topological polar surface area (TPSA) is 38.1 Å². The Kier molecular flexibility index (Phi) is 3.36. The van der Waals surface area contributed by atoms with Crippen LogP contribution in [0.5, 0.6) is 0 Å². The first-order valence-corrected chi connectivity index (χ1v) is 6.19. The fourth-order valence-electron chi connectivity index (χ4n) is 2.09. The van der Waals surface area contributed by atoms with Crippen molar-refractivity contribution in [3.63, 3.8) is 0 Å². The maximum absolute atomic E-state index is 4.55. The molecule has 1 aliphatic heterocycles. The molecule has 2 rings (SSSR count). The van der Waals surface area contributed by atoms with Gasteiger partial charge < -0.3 is 0 Å². The van der Waals surface area contributed by atoms with Crippen molar-refractivity contribution in [2.24, 2.45) is 4.99 Å². The molecule has 90 valence electrons. The highest BCUT2D eigenvalue weighted by molar-refractivity contribution is 6.08. The Morgan fingerprint density at radius 1 is 1.29 bits per heavy atom. The second kappa shape index (κ2) is 4.78. The van der Waals surface area contributed by atoms with Crippen LogP contribution in [-0.2, 0) is 0 Å². The van der Waals surface area contributed by atoms with Crippen LogP contribution in [0.25, 0.3) is 5.57 Å². The highest BCUT2D eigenvalue weighted by atomic mass is 14.9. The Morgan fingerprint density at radius 3 is 2.65 bits per heavy atom. The van der Waals surface area contributed by atoms with Gasteiger partial charge in [0, 0.05) is 17.0 Å². The van der Waals surface area contributed by atoms with E-state index in [2.05, 4.69) is 48.7 Å². The maximum atomic E-state index is 4.55. The Labute approximate surface area is 103 Å². The van der Waals surface area contributed by atoms with Gasteiger partial charge in [0.2, 0.25) is 0 Å². The van der Waals surface area contributed by atoms with Gasteiger partial charge in [-0.15, -0.1) is 0 Å². The molecule has 1 aliphatic rings. The first-order chi connectivity index (χ1) is 8.13. The molecule has 0 bridgehead atoms. The van der Waals surface area contributed by atoms with Crippen molar-refractivity contribution < 1.29 is 0 Å². The SMILES string of the molecule is CCC1=NCC(c2cc(C(C)C)ncn2)=C1C. The number of rotatable bonds is 3. The quantitative estimate of drug-likeness (QED) is 0.798. The van der Waals surface area contributed by atoms with Crippen molar-refractivity contribution in [3.8, 4) is 0 Å². The van der Waals surface area contributed by atoms with Gasteiger partial charge in [0.05, 0.1) is 12.2 Å². The average Bonchev–Trinajstić information content (AvgIpc) is 2.70. The summed E-state index contributed by atoms with van der Waals surface area (Å²) < 4.78 is 0. The summed E-state index contributed by atoms with van der Waals surface area (Å²) in [5.74, 6) is 0.436. The first kappa shape index (κ1) is 12.0. The molecule has 0 radical (unpaired) electrons. The van der Waals surface area contributed by atoms with E-state index in [0.29, 0.717) is 5.92 Å². The van der Waals surface area contributed by atoms with Crippen LogP contribution >= 0.6 is 0 Å². The van der Waals surface area contributed by atoms with Crippen LogP contribution in [0.4, 0.5) is 0 Å². The lowest BCUT2D eigenvalue weighted by molar-refractivity contribution is 0.811. The van der Waals surface area contributed by atoms with Gasteiger partial charge in [0.1, 0.15) is 6.33 Å². The van der Waals surface area contributed by atoms with Crippen molar-refractivity contribution in [1.29, 1.82) is 0 Å². The van der Waals surface area contributed by atoms with Crippen LogP contribution in [0.3, 0.4) is 0 Å². The standard InChI is InChI=1S/C14H19N3/c1-5-12-10(4)11(7-15-12)14-6-13(9(2)3)16-8-17-14/h6,8-9H,5,7H2,1-4H3. The van der Waals surface area contributed by atoms with E-state index in [1.54, 1.807) is 6.33 Å². The summed E-state index contributed by atoms with van der Waals surface area (Å²) in [6.07, 6.45) is 2.66. The Bertz CT molecular complexity index is 484. The molecule has 0 unspecified atom stereocenters. The summed E-state index contributed by atoms with van der Waals surface area (Å²) >= 11 is 0. The smallest absolute Gasteiger partial charge is 0.116 e. The van der Waals surface area contributed by atoms with Crippen LogP contribution < -0.4 is 0 Å². The van der Waals surface area contributed by atoms with E-state index in [0.717, 1.165) is 24.4 Å². The molecule has 1 aromatic heterocycles. The molecule has 2 heterocycles. The molecule has 0 aliphatic carbocycles. The summed E-state index contributed by atoms with van der Waals surface area (Å²) in [5, 5.41) is 0. The maximum Gasteiger partial charge on any atom is 0.116 e. The predicted octanol–water partition coefficient (Wildman–Crippen LogP) is 3.24. The van der Waals surface area contributed by atoms with Gasteiger partial charge in [-0.05, 0) is 30.9 Å². The number of hydrogen-bond acceptors (Lipinski definition) is 3. The van der Waals surface area contributed by atoms with E-state index in [1.165, 1.54) is 16.9 Å². The highest BCUT2D eigenvalue weighted by Gasteiger charge is 2.17. The van der Waals surface area contributed by atoms with Gasteiger partial charge in [-0.3, -0.25) is 4.99 Å². The third-order valence-corrected chi connectivity index (χ3v) is 3.24. The van der Waals surface area contributed by atoms with E-state index in [9.17, 15) is 0 Å². The highest BCUT2D eigenvalue weighted by Crippen LogP contribution is 2.26. The van der Waals surface area contributed by atoms with E-state index in [-0.39, 0.29) is 0 Å². The normalized spacial score (nSPS) is 15.7. The van der Waals surface area contributed by atoms with Crippen molar-refractivity contribution in [3.05, 3.63) is 29.4 Å². The fraction of sp³-hybridized carbons (Fsp3) is 0.500. The third-order valence-electron chi connectivity index (χ3n) is 3.24. The second-order valence-corrected chi connectivity index (χ2v) is 4.70. The van der Waals surface area contributed by atoms with Gasteiger partial charge in [-0.25, -0.2) is 9.97 Å².